The second kappa shape index (κ2) is 5.73. The molecule has 1 aromatic rings. The van der Waals surface area contributed by atoms with Crippen LogP contribution in [0.1, 0.15) is 24.8 Å². The first-order valence-corrected chi connectivity index (χ1v) is 7.63. The maximum Gasteiger partial charge on any atom is 0.0451 e. The lowest BCUT2D eigenvalue weighted by molar-refractivity contribution is 0.102. The predicted octanol–water partition coefficient (Wildman–Crippen LogP) is 4.34. The molecule has 0 aromatic heterocycles. The van der Waals surface area contributed by atoms with Crippen molar-refractivity contribution in [1.82, 2.24) is 4.90 Å². The quantitative estimate of drug-likeness (QED) is 0.731. The van der Waals surface area contributed by atoms with Gasteiger partial charge in [0, 0.05) is 23.4 Å². The van der Waals surface area contributed by atoms with Gasteiger partial charge in [-0.05, 0) is 36.9 Å². The summed E-state index contributed by atoms with van der Waals surface area (Å²) in [5.74, 6) is 0. The third-order valence-electron chi connectivity index (χ3n) is 3.70. The Morgan fingerprint density at radius 3 is 2.59 bits per heavy atom. The van der Waals surface area contributed by atoms with Crippen molar-refractivity contribution in [2.45, 2.75) is 25.8 Å². The molecule has 1 aliphatic rings. The van der Waals surface area contributed by atoms with E-state index in [0.717, 1.165) is 23.4 Å². The molecule has 1 saturated carbocycles. The van der Waals surface area contributed by atoms with Gasteiger partial charge in [-0.25, -0.2) is 0 Å². The maximum absolute atomic E-state index is 6.19. The molecule has 1 nitrogen and oxygen atoms in total. The predicted molar refractivity (Wildman–Crippen MR) is 77.9 cm³/mol. The van der Waals surface area contributed by atoms with Crippen LogP contribution in [-0.4, -0.2) is 23.8 Å². The lowest BCUT2D eigenvalue weighted by Gasteiger charge is -2.43. The van der Waals surface area contributed by atoms with Gasteiger partial charge in [0.1, 0.15) is 0 Å². The zero-order valence-electron chi connectivity index (χ0n) is 10.3. The SMILES string of the molecule is CN(Cc1ccccc1Cl)CC1(CBr)CCC1. The van der Waals surface area contributed by atoms with E-state index in [0.29, 0.717) is 5.41 Å². The molecule has 0 heterocycles. The molecule has 0 atom stereocenters. The van der Waals surface area contributed by atoms with E-state index in [1.807, 2.05) is 12.1 Å². The van der Waals surface area contributed by atoms with Crippen LogP contribution in [0.3, 0.4) is 0 Å². The molecule has 0 radical (unpaired) electrons. The van der Waals surface area contributed by atoms with Crippen molar-refractivity contribution in [3.8, 4) is 0 Å². The van der Waals surface area contributed by atoms with E-state index < -0.39 is 0 Å². The number of alkyl halides is 1. The van der Waals surface area contributed by atoms with Crippen molar-refractivity contribution < 1.29 is 0 Å². The number of nitrogens with zero attached hydrogens (tertiary/aromatic N) is 1. The molecule has 1 fully saturated rings. The molecule has 0 unspecified atom stereocenters. The fourth-order valence-electron chi connectivity index (χ4n) is 2.56. The van der Waals surface area contributed by atoms with E-state index in [9.17, 15) is 0 Å². The molecule has 0 saturated heterocycles. The van der Waals surface area contributed by atoms with Crippen LogP contribution in [0.4, 0.5) is 0 Å². The highest BCUT2D eigenvalue weighted by Crippen LogP contribution is 2.43. The Balaban J connectivity index is 1.93. The van der Waals surface area contributed by atoms with Crippen LogP contribution >= 0.6 is 27.5 Å². The zero-order valence-corrected chi connectivity index (χ0v) is 12.6. The van der Waals surface area contributed by atoms with E-state index in [4.69, 9.17) is 11.6 Å². The standard InChI is InChI=1S/C14H19BrClN/c1-17(11-14(10-15)7-4-8-14)9-12-5-2-3-6-13(12)16/h2-3,5-6H,4,7-11H2,1H3. The Labute approximate surface area is 117 Å². The lowest BCUT2D eigenvalue weighted by atomic mass is 9.70. The third-order valence-corrected chi connectivity index (χ3v) is 5.26. The minimum absolute atomic E-state index is 0.510. The summed E-state index contributed by atoms with van der Waals surface area (Å²) in [7, 11) is 2.19. The summed E-state index contributed by atoms with van der Waals surface area (Å²) in [5, 5.41) is 1.99. The topological polar surface area (TPSA) is 3.24 Å². The molecule has 2 rings (SSSR count). The Hall–Kier alpha value is -0.0500. The Morgan fingerprint density at radius 1 is 1.35 bits per heavy atom. The van der Waals surface area contributed by atoms with E-state index in [-0.39, 0.29) is 0 Å². The minimum Gasteiger partial charge on any atom is -0.301 e. The van der Waals surface area contributed by atoms with Gasteiger partial charge in [-0.1, -0.05) is 52.2 Å². The van der Waals surface area contributed by atoms with Crippen LogP contribution in [0.15, 0.2) is 24.3 Å². The largest absolute Gasteiger partial charge is 0.301 e. The first-order valence-electron chi connectivity index (χ1n) is 6.13. The first kappa shape index (κ1) is 13.4. The first-order chi connectivity index (χ1) is 8.15. The fraction of sp³-hybridized carbons (Fsp3) is 0.571. The van der Waals surface area contributed by atoms with Crippen LogP contribution in [0.2, 0.25) is 5.02 Å². The average molecular weight is 317 g/mol. The Morgan fingerprint density at radius 2 is 2.06 bits per heavy atom. The fourth-order valence-corrected chi connectivity index (χ4v) is 3.49. The summed E-state index contributed by atoms with van der Waals surface area (Å²) in [6.07, 6.45) is 4.09. The molecule has 0 amide bonds. The molecule has 0 N–H and O–H groups in total. The highest BCUT2D eigenvalue weighted by atomic mass is 79.9. The highest BCUT2D eigenvalue weighted by Gasteiger charge is 2.36. The number of hydrogen-bond donors (Lipinski definition) is 0. The third kappa shape index (κ3) is 3.24. The second-order valence-electron chi connectivity index (χ2n) is 5.25. The van der Waals surface area contributed by atoms with Crippen molar-refractivity contribution >= 4 is 27.5 Å². The van der Waals surface area contributed by atoms with Gasteiger partial charge in [-0.2, -0.15) is 0 Å². The summed E-state index contributed by atoms with van der Waals surface area (Å²) in [6, 6.07) is 8.12. The molecule has 0 spiro atoms. The van der Waals surface area contributed by atoms with Gasteiger partial charge in [0.2, 0.25) is 0 Å². The minimum atomic E-state index is 0.510. The van der Waals surface area contributed by atoms with Crippen LogP contribution < -0.4 is 0 Å². The number of hydrogen-bond acceptors (Lipinski definition) is 1. The summed E-state index contributed by atoms with van der Waals surface area (Å²) < 4.78 is 0. The molecule has 1 aliphatic carbocycles. The van der Waals surface area contributed by atoms with E-state index in [1.165, 1.54) is 24.8 Å². The molecule has 0 aliphatic heterocycles. The highest BCUT2D eigenvalue weighted by molar-refractivity contribution is 9.09. The summed E-state index contributed by atoms with van der Waals surface area (Å²) in [4.78, 5) is 2.39. The molecule has 17 heavy (non-hydrogen) atoms. The average Bonchev–Trinajstić information content (AvgIpc) is 2.27. The van der Waals surface area contributed by atoms with Gasteiger partial charge in [0.25, 0.3) is 0 Å². The summed E-state index contributed by atoms with van der Waals surface area (Å²) in [6.45, 7) is 2.10. The van der Waals surface area contributed by atoms with Gasteiger partial charge in [-0.3, -0.25) is 0 Å². The van der Waals surface area contributed by atoms with Gasteiger partial charge in [0.05, 0.1) is 0 Å². The van der Waals surface area contributed by atoms with Gasteiger partial charge in [0.15, 0.2) is 0 Å². The van der Waals surface area contributed by atoms with E-state index in [2.05, 4.69) is 40.0 Å². The van der Waals surface area contributed by atoms with Crippen LogP contribution in [0.25, 0.3) is 0 Å². The normalized spacial score (nSPS) is 18.1. The molecule has 3 heteroatoms. The lowest BCUT2D eigenvalue weighted by Crippen LogP contribution is -2.41. The van der Waals surface area contributed by atoms with E-state index >= 15 is 0 Å². The molecular weight excluding hydrogens is 298 g/mol. The zero-order chi connectivity index (χ0) is 12.3. The maximum atomic E-state index is 6.19. The molecule has 1 aromatic carbocycles. The smallest absolute Gasteiger partial charge is 0.0451 e. The van der Waals surface area contributed by atoms with Gasteiger partial charge < -0.3 is 4.90 Å². The number of halogens is 2. The summed E-state index contributed by atoms with van der Waals surface area (Å²) in [5.41, 5.74) is 1.73. The van der Waals surface area contributed by atoms with Crippen molar-refractivity contribution in [1.29, 1.82) is 0 Å². The number of benzene rings is 1. The van der Waals surface area contributed by atoms with Crippen molar-refractivity contribution in [2.75, 3.05) is 18.9 Å². The monoisotopic (exact) mass is 315 g/mol. The van der Waals surface area contributed by atoms with Gasteiger partial charge >= 0.3 is 0 Å². The van der Waals surface area contributed by atoms with Crippen LogP contribution in [0.5, 0.6) is 0 Å². The number of rotatable bonds is 5. The Kier molecular flexibility index (Phi) is 4.51. The van der Waals surface area contributed by atoms with Crippen molar-refractivity contribution in [3.05, 3.63) is 34.9 Å². The van der Waals surface area contributed by atoms with Gasteiger partial charge in [-0.15, -0.1) is 0 Å². The Bertz CT molecular complexity index is 371. The molecule has 94 valence electrons. The molecular formula is C14H19BrClN. The van der Waals surface area contributed by atoms with Crippen LogP contribution in [0, 0.1) is 5.41 Å². The van der Waals surface area contributed by atoms with E-state index in [1.54, 1.807) is 0 Å². The second-order valence-corrected chi connectivity index (χ2v) is 6.22. The van der Waals surface area contributed by atoms with Crippen molar-refractivity contribution in [2.24, 2.45) is 5.41 Å². The molecule has 0 bridgehead atoms. The van der Waals surface area contributed by atoms with Crippen LogP contribution in [-0.2, 0) is 6.54 Å². The summed E-state index contributed by atoms with van der Waals surface area (Å²) >= 11 is 9.84. The van der Waals surface area contributed by atoms with Crippen molar-refractivity contribution in [3.63, 3.8) is 0 Å².